The highest BCUT2D eigenvalue weighted by Crippen LogP contribution is 2.26. The first-order valence-corrected chi connectivity index (χ1v) is 9.13. The highest BCUT2D eigenvalue weighted by molar-refractivity contribution is 5.89. The molecule has 0 bridgehead atoms. The SMILES string of the molecule is CCC1CC(=O)NC(n2nc(C(C)(C)C)cc2NC(=O)NC(C)(C)C)N1. The number of nitrogens with zero attached hydrogens (tertiary/aromatic N) is 2. The van der Waals surface area contributed by atoms with Gasteiger partial charge in [-0.2, -0.15) is 5.10 Å². The summed E-state index contributed by atoms with van der Waals surface area (Å²) in [6.45, 7) is 14.0. The lowest BCUT2D eigenvalue weighted by atomic mass is 9.92. The number of anilines is 1. The molecule has 0 spiro atoms. The second-order valence-electron chi connectivity index (χ2n) is 8.88. The summed E-state index contributed by atoms with van der Waals surface area (Å²) >= 11 is 0. The highest BCUT2D eigenvalue weighted by Gasteiger charge is 2.30. The van der Waals surface area contributed by atoms with Gasteiger partial charge in [0.1, 0.15) is 5.82 Å². The molecule has 0 saturated carbocycles. The predicted molar refractivity (Wildman–Crippen MR) is 102 cm³/mol. The zero-order valence-corrected chi connectivity index (χ0v) is 16.9. The van der Waals surface area contributed by atoms with Crippen molar-refractivity contribution in [2.45, 2.75) is 84.6 Å². The Morgan fingerprint density at radius 2 is 1.96 bits per heavy atom. The third kappa shape index (κ3) is 5.20. The van der Waals surface area contributed by atoms with Crippen molar-refractivity contribution in [1.29, 1.82) is 0 Å². The van der Waals surface area contributed by atoms with Crippen molar-refractivity contribution in [2.24, 2.45) is 0 Å². The lowest BCUT2D eigenvalue weighted by molar-refractivity contribution is -0.125. The van der Waals surface area contributed by atoms with Crippen molar-refractivity contribution in [3.8, 4) is 0 Å². The second-order valence-corrected chi connectivity index (χ2v) is 8.88. The quantitative estimate of drug-likeness (QED) is 0.662. The molecule has 3 amide bonds. The summed E-state index contributed by atoms with van der Waals surface area (Å²) in [7, 11) is 0. The van der Waals surface area contributed by atoms with Crippen molar-refractivity contribution in [3.05, 3.63) is 11.8 Å². The summed E-state index contributed by atoms with van der Waals surface area (Å²) in [5, 5.41) is 16.7. The molecule has 8 nitrogen and oxygen atoms in total. The molecule has 0 aromatic carbocycles. The molecule has 1 aromatic heterocycles. The van der Waals surface area contributed by atoms with Crippen LogP contribution >= 0.6 is 0 Å². The van der Waals surface area contributed by atoms with Crippen LogP contribution in [-0.4, -0.2) is 33.3 Å². The zero-order valence-electron chi connectivity index (χ0n) is 16.9. The number of hydrogen-bond donors (Lipinski definition) is 4. The van der Waals surface area contributed by atoms with Crippen LogP contribution in [0.4, 0.5) is 10.6 Å². The van der Waals surface area contributed by atoms with Crippen LogP contribution in [0.2, 0.25) is 0 Å². The Morgan fingerprint density at radius 1 is 1.31 bits per heavy atom. The number of carbonyl (C=O) groups is 2. The molecule has 2 atom stereocenters. The summed E-state index contributed by atoms with van der Waals surface area (Å²) in [5.41, 5.74) is 0.287. The minimum atomic E-state index is -0.498. The maximum atomic E-state index is 12.3. The molecule has 1 aliphatic rings. The van der Waals surface area contributed by atoms with Crippen LogP contribution in [0.15, 0.2) is 6.07 Å². The van der Waals surface area contributed by atoms with Crippen LogP contribution < -0.4 is 21.3 Å². The first-order valence-electron chi connectivity index (χ1n) is 9.13. The number of amides is 3. The molecule has 146 valence electrons. The van der Waals surface area contributed by atoms with E-state index in [1.807, 2.05) is 33.8 Å². The van der Waals surface area contributed by atoms with Gasteiger partial charge in [0.05, 0.1) is 5.69 Å². The molecule has 8 heteroatoms. The van der Waals surface area contributed by atoms with Gasteiger partial charge in [0.2, 0.25) is 5.91 Å². The molecule has 1 fully saturated rings. The van der Waals surface area contributed by atoms with Crippen LogP contribution in [0.3, 0.4) is 0 Å². The van der Waals surface area contributed by atoms with Crippen molar-refractivity contribution in [2.75, 3.05) is 5.32 Å². The van der Waals surface area contributed by atoms with E-state index in [4.69, 9.17) is 0 Å². The van der Waals surface area contributed by atoms with Crippen LogP contribution in [0, 0.1) is 0 Å². The predicted octanol–water partition coefficient (Wildman–Crippen LogP) is 2.44. The fraction of sp³-hybridized carbons (Fsp3) is 0.722. The Balaban J connectivity index is 2.32. The van der Waals surface area contributed by atoms with Crippen molar-refractivity contribution < 1.29 is 9.59 Å². The maximum absolute atomic E-state index is 12.3. The molecule has 1 saturated heterocycles. The van der Waals surface area contributed by atoms with Crippen LogP contribution in [0.5, 0.6) is 0 Å². The van der Waals surface area contributed by atoms with E-state index in [0.717, 1.165) is 12.1 Å². The molecule has 2 unspecified atom stereocenters. The lowest BCUT2D eigenvalue weighted by Gasteiger charge is -2.32. The van der Waals surface area contributed by atoms with Gasteiger partial charge in [-0.05, 0) is 27.2 Å². The third-order valence-electron chi connectivity index (χ3n) is 4.09. The fourth-order valence-electron chi connectivity index (χ4n) is 2.69. The Kier molecular flexibility index (Phi) is 5.65. The minimum absolute atomic E-state index is 0.0292. The van der Waals surface area contributed by atoms with Gasteiger partial charge in [0.25, 0.3) is 0 Å². The lowest BCUT2D eigenvalue weighted by Crippen LogP contribution is -2.53. The second kappa shape index (κ2) is 7.26. The number of aromatic nitrogens is 2. The van der Waals surface area contributed by atoms with Crippen LogP contribution in [-0.2, 0) is 10.2 Å². The Bertz CT molecular complexity index is 668. The standard InChI is InChI=1S/C18H32N6O2/c1-8-11-9-14(25)21-15(19-11)24-13(10-12(23-24)17(2,3)4)20-16(26)22-18(5,6)7/h10-11,15,19H,8-9H2,1-7H3,(H,21,25)(H2,20,22,26). The van der Waals surface area contributed by atoms with Crippen molar-refractivity contribution >= 4 is 17.8 Å². The van der Waals surface area contributed by atoms with Crippen LogP contribution in [0.25, 0.3) is 0 Å². The number of carbonyl (C=O) groups excluding carboxylic acids is 2. The average Bonchev–Trinajstić information content (AvgIpc) is 2.88. The summed E-state index contributed by atoms with van der Waals surface area (Å²) in [6, 6.07) is 1.62. The normalized spacial score (nSPS) is 21.3. The molecule has 0 aliphatic carbocycles. The van der Waals surface area contributed by atoms with Gasteiger partial charge < -0.3 is 10.6 Å². The van der Waals surface area contributed by atoms with E-state index < -0.39 is 6.29 Å². The van der Waals surface area contributed by atoms with E-state index in [1.165, 1.54) is 0 Å². The minimum Gasteiger partial charge on any atom is -0.333 e. The monoisotopic (exact) mass is 364 g/mol. The third-order valence-corrected chi connectivity index (χ3v) is 4.09. The molecule has 1 aliphatic heterocycles. The molecule has 2 rings (SSSR count). The van der Waals surface area contributed by atoms with E-state index in [9.17, 15) is 9.59 Å². The molecular formula is C18H32N6O2. The van der Waals surface area contributed by atoms with E-state index in [-0.39, 0.29) is 28.9 Å². The molecular weight excluding hydrogens is 332 g/mol. The Hall–Kier alpha value is -2.09. The van der Waals surface area contributed by atoms with Crippen molar-refractivity contribution in [1.82, 2.24) is 25.7 Å². The number of rotatable bonds is 3. The summed E-state index contributed by atoms with van der Waals surface area (Å²) in [6.07, 6.45) is 0.778. The van der Waals surface area contributed by atoms with Crippen LogP contribution in [0.1, 0.15) is 73.3 Å². The van der Waals surface area contributed by atoms with E-state index in [1.54, 1.807) is 4.68 Å². The first kappa shape index (κ1) is 20.2. The maximum Gasteiger partial charge on any atom is 0.320 e. The zero-order chi connectivity index (χ0) is 19.7. The summed E-state index contributed by atoms with van der Waals surface area (Å²) < 4.78 is 1.64. The molecule has 1 aromatic rings. The summed E-state index contributed by atoms with van der Waals surface area (Å²) in [4.78, 5) is 24.4. The number of nitrogens with one attached hydrogen (secondary N) is 4. The largest absolute Gasteiger partial charge is 0.333 e. The Labute approximate surface area is 155 Å². The van der Waals surface area contributed by atoms with Gasteiger partial charge in [0, 0.05) is 29.5 Å². The van der Waals surface area contributed by atoms with Crippen molar-refractivity contribution in [3.63, 3.8) is 0 Å². The van der Waals surface area contributed by atoms with E-state index in [2.05, 4.69) is 47.1 Å². The van der Waals surface area contributed by atoms with Gasteiger partial charge in [-0.25, -0.2) is 9.48 Å². The number of urea groups is 1. The van der Waals surface area contributed by atoms with E-state index in [0.29, 0.717) is 12.2 Å². The fourth-order valence-corrected chi connectivity index (χ4v) is 2.69. The van der Waals surface area contributed by atoms with Gasteiger partial charge >= 0.3 is 6.03 Å². The van der Waals surface area contributed by atoms with E-state index >= 15 is 0 Å². The molecule has 4 N–H and O–H groups in total. The molecule has 0 radical (unpaired) electrons. The van der Waals surface area contributed by atoms with Gasteiger partial charge in [-0.3, -0.25) is 15.4 Å². The number of hydrogen-bond acceptors (Lipinski definition) is 4. The highest BCUT2D eigenvalue weighted by atomic mass is 16.2. The topological polar surface area (TPSA) is 100 Å². The average molecular weight is 364 g/mol. The smallest absolute Gasteiger partial charge is 0.320 e. The van der Waals surface area contributed by atoms with Gasteiger partial charge in [0.15, 0.2) is 6.29 Å². The summed E-state index contributed by atoms with van der Waals surface area (Å²) in [5.74, 6) is 0.504. The van der Waals surface area contributed by atoms with Gasteiger partial charge in [-0.15, -0.1) is 0 Å². The molecule has 26 heavy (non-hydrogen) atoms. The first-order chi connectivity index (χ1) is 11.9. The Morgan fingerprint density at radius 3 is 2.50 bits per heavy atom. The van der Waals surface area contributed by atoms with Gasteiger partial charge in [-0.1, -0.05) is 27.7 Å². The molecule has 2 heterocycles.